The molecule has 2 aliphatic heterocycles. The molecule has 1 atom stereocenters. The highest BCUT2D eigenvalue weighted by Crippen LogP contribution is 2.36. The van der Waals surface area contributed by atoms with Crippen LogP contribution in [0.4, 0.5) is 47.8 Å². The number of carbonyl (C=O) groups excluding carboxylic acids is 5. The number of nitrogens with zero attached hydrogens (tertiary/aromatic N) is 8. The molecule has 1 unspecified atom stereocenters. The van der Waals surface area contributed by atoms with Gasteiger partial charge in [0.2, 0.25) is 27.8 Å². The molecule has 5 heterocycles. The summed E-state index contributed by atoms with van der Waals surface area (Å²) >= 11 is 0. The van der Waals surface area contributed by atoms with E-state index in [0.29, 0.717) is 29.7 Å². The number of ether oxygens (including phenoxy) is 2. The van der Waals surface area contributed by atoms with E-state index in [1.165, 1.54) is 54.5 Å². The highest BCUT2D eigenvalue weighted by atomic mass is 32.2. The number of halogens is 3. The van der Waals surface area contributed by atoms with Crippen molar-refractivity contribution in [2.45, 2.75) is 38.1 Å². The molecule has 5 amide bonds. The molecule has 1 saturated heterocycles. The van der Waals surface area contributed by atoms with E-state index in [-0.39, 0.29) is 86.6 Å². The number of benzene rings is 2. The Bertz CT molecular complexity index is 2790. The van der Waals surface area contributed by atoms with E-state index >= 15 is 0 Å². The molecule has 2 aliphatic rings. The third-order valence-corrected chi connectivity index (χ3v) is 11.4. The maximum absolute atomic E-state index is 13.9. The van der Waals surface area contributed by atoms with Gasteiger partial charge in [0.05, 0.1) is 56.6 Å². The van der Waals surface area contributed by atoms with Crippen LogP contribution in [0.2, 0.25) is 0 Å². The quantitative estimate of drug-likeness (QED) is 0.0554. The number of sulfonamides is 1. The number of anilines is 6. The first-order valence-corrected chi connectivity index (χ1v) is 22.2. The summed E-state index contributed by atoms with van der Waals surface area (Å²) in [4.78, 5) is 76.0. The van der Waals surface area contributed by atoms with Gasteiger partial charge in [-0.2, -0.15) is 18.2 Å². The Balaban J connectivity index is 0.827. The minimum atomic E-state index is -4.81. The maximum Gasteiger partial charge on any atom is 0.421 e. The van der Waals surface area contributed by atoms with Gasteiger partial charge in [0.15, 0.2) is 5.69 Å². The lowest BCUT2D eigenvalue weighted by atomic mass is 10.0. The Kier molecular flexibility index (Phi) is 14.4. The zero-order valence-electron chi connectivity index (χ0n) is 35.7. The average molecular weight is 950 g/mol. The summed E-state index contributed by atoms with van der Waals surface area (Å²) in [6.45, 7) is 1.40. The number of piperidine rings is 1. The molecule has 5 aromatic rings. The van der Waals surface area contributed by atoms with E-state index in [2.05, 4.69) is 51.8 Å². The van der Waals surface area contributed by atoms with Crippen molar-refractivity contribution in [2.24, 2.45) is 0 Å². The summed E-state index contributed by atoms with van der Waals surface area (Å²) < 4.78 is 79.6. The van der Waals surface area contributed by atoms with Gasteiger partial charge < -0.3 is 30.7 Å². The van der Waals surface area contributed by atoms with Crippen molar-refractivity contribution in [3.63, 3.8) is 0 Å². The van der Waals surface area contributed by atoms with Crippen molar-refractivity contribution in [1.29, 1.82) is 0 Å². The fourth-order valence-corrected chi connectivity index (χ4v) is 7.31. The maximum atomic E-state index is 13.9. The number of fused-ring (bicyclic) bond motifs is 1. The largest absolute Gasteiger partial charge is 0.421 e. The van der Waals surface area contributed by atoms with Gasteiger partial charge in [-0.05, 0) is 48.9 Å². The molecule has 0 radical (unpaired) electrons. The Morgan fingerprint density at radius 3 is 2.42 bits per heavy atom. The van der Waals surface area contributed by atoms with Crippen molar-refractivity contribution < 1.29 is 55.0 Å². The van der Waals surface area contributed by atoms with Gasteiger partial charge in [-0.3, -0.25) is 38.5 Å². The highest BCUT2D eigenvalue weighted by Gasteiger charge is 2.45. The molecule has 352 valence electrons. The number of carbonyl (C=O) groups is 5. The van der Waals surface area contributed by atoms with Crippen LogP contribution < -0.4 is 30.9 Å². The van der Waals surface area contributed by atoms with E-state index < -0.39 is 63.2 Å². The van der Waals surface area contributed by atoms with Gasteiger partial charge in [-0.15, -0.1) is 5.10 Å². The van der Waals surface area contributed by atoms with Crippen LogP contribution in [-0.4, -0.2) is 125 Å². The molecule has 0 spiro atoms. The third kappa shape index (κ3) is 11.5. The van der Waals surface area contributed by atoms with E-state index in [0.717, 1.165) is 15.5 Å². The lowest BCUT2D eigenvalue weighted by molar-refractivity contribution is -0.138. The Hall–Kier alpha value is -7.58. The van der Waals surface area contributed by atoms with Gasteiger partial charge in [-0.1, -0.05) is 17.3 Å². The van der Waals surface area contributed by atoms with Crippen molar-refractivity contribution in [3.8, 4) is 0 Å². The fourth-order valence-electron chi connectivity index (χ4n) is 6.83. The van der Waals surface area contributed by atoms with Crippen LogP contribution in [0.5, 0.6) is 0 Å². The Morgan fingerprint density at radius 2 is 1.69 bits per heavy atom. The molecule has 5 N–H and O–H groups in total. The summed E-state index contributed by atoms with van der Waals surface area (Å²) in [6.07, 6.45) is -0.287. The number of hydrogen-bond acceptors (Lipinski definition) is 17. The van der Waals surface area contributed by atoms with Crippen LogP contribution in [0.15, 0.2) is 73.2 Å². The molecule has 26 heteroatoms. The number of imide groups is 2. The van der Waals surface area contributed by atoms with Gasteiger partial charge in [0, 0.05) is 61.6 Å². The molecule has 3 aromatic heterocycles. The predicted molar refractivity (Wildman–Crippen MR) is 233 cm³/mol. The molecular weight excluding hydrogens is 908 g/mol. The van der Waals surface area contributed by atoms with Gasteiger partial charge >= 0.3 is 6.18 Å². The third-order valence-electron chi connectivity index (χ3n) is 10.2. The molecule has 7 rings (SSSR count). The summed E-state index contributed by atoms with van der Waals surface area (Å²) in [6, 6.07) is 12.7. The molecule has 0 aliphatic carbocycles. The SMILES string of the molecule is CN(c1ncccc1CNc1ncc(C(F)(F)F)c(Nc2ccc(NC(=O)c3cn(CCOCCOCCNc4cccc5c4C(=O)N(C4CCC(=O)NC4=O)C5=O)nn3)cc2)n1)S(C)(=O)=O. The number of rotatable bonds is 20. The second-order valence-corrected chi connectivity index (χ2v) is 16.9. The number of pyridine rings is 1. The zero-order chi connectivity index (χ0) is 47.9. The molecule has 0 bridgehead atoms. The predicted octanol–water partition coefficient (Wildman–Crippen LogP) is 3.03. The van der Waals surface area contributed by atoms with Crippen LogP contribution in [0.25, 0.3) is 0 Å². The van der Waals surface area contributed by atoms with Crippen LogP contribution in [-0.2, 0) is 48.4 Å². The first kappa shape index (κ1) is 47.4. The number of amides is 5. The molecule has 22 nitrogen and oxygen atoms in total. The standard InChI is InChI=1S/C41H42F3N13O9S/c1-55(67(2,63)64)35-24(5-4-14-46-35)21-47-40-48-22-28(41(42,43)44)34(52-40)49-25-8-10-26(11-9-25)50-36(59)30-23-56(54-53-30)16-18-66-20-19-65-17-15-45-29-7-3-6-27-33(29)39(62)57(38(27)61)31-12-13-32(58)51-37(31)60/h3-11,14,22-23,31,45H,12-13,15-21H2,1-2H3,(H,50,59)(H,51,58,60)(H2,47,48,49,52). The zero-order valence-corrected chi connectivity index (χ0v) is 36.5. The Morgan fingerprint density at radius 1 is 0.940 bits per heavy atom. The molecular formula is C41H42F3N13O9S. The van der Waals surface area contributed by atoms with Crippen molar-refractivity contribution in [1.82, 2.24) is 40.2 Å². The summed E-state index contributed by atoms with van der Waals surface area (Å²) in [5, 5.41) is 21.2. The van der Waals surface area contributed by atoms with E-state index in [4.69, 9.17) is 9.47 Å². The van der Waals surface area contributed by atoms with Crippen LogP contribution >= 0.6 is 0 Å². The molecule has 0 saturated carbocycles. The van der Waals surface area contributed by atoms with E-state index in [1.807, 2.05) is 0 Å². The van der Waals surface area contributed by atoms with Crippen LogP contribution in [0, 0.1) is 0 Å². The monoisotopic (exact) mass is 949 g/mol. The highest BCUT2D eigenvalue weighted by molar-refractivity contribution is 7.92. The fraction of sp³-hybridized carbons (Fsp3) is 0.317. The second kappa shape index (κ2) is 20.3. The summed E-state index contributed by atoms with van der Waals surface area (Å²) in [5.41, 5.74) is 0.506. The normalized spacial score (nSPS) is 15.0. The lowest BCUT2D eigenvalue weighted by Gasteiger charge is -2.27. The van der Waals surface area contributed by atoms with E-state index in [1.54, 1.807) is 24.3 Å². The topological polar surface area (TPSA) is 274 Å². The van der Waals surface area contributed by atoms with Gasteiger partial charge in [0.25, 0.3) is 17.7 Å². The first-order chi connectivity index (χ1) is 32.0. The van der Waals surface area contributed by atoms with Gasteiger partial charge in [-0.25, -0.2) is 23.1 Å². The van der Waals surface area contributed by atoms with Crippen LogP contribution in [0.1, 0.15) is 55.2 Å². The van der Waals surface area contributed by atoms with Crippen molar-refractivity contribution >= 4 is 74.2 Å². The smallest absolute Gasteiger partial charge is 0.382 e. The Labute approximate surface area is 379 Å². The van der Waals surface area contributed by atoms with Crippen LogP contribution in [0.3, 0.4) is 0 Å². The molecule has 2 aromatic carbocycles. The van der Waals surface area contributed by atoms with E-state index in [9.17, 15) is 45.6 Å². The van der Waals surface area contributed by atoms with Crippen molar-refractivity contribution in [2.75, 3.05) is 71.8 Å². The minimum Gasteiger partial charge on any atom is -0.382 e. The lowest BCUT2D eigenvalue weighted by Crippen LogP contribution is -2.54. The minimum absolute atomic E-state index is 0.00552. The average Bonchev–Trinajstić information content (AvgIpc) is 3.87. The summed E-state index contributed by atoms with van der Waals surface area (Å²) in [5.74, 6) is -3.57. The number of nitrogens with one attached hydrogen (secondary N) is 5. The number of aromatic nitrogens is 6. The first-order valence-electron chi connectivity index (χ1n) is 20.4. The summed E-state index contributed by atoms with van der Waals surface area (Å²) in [7, 11) is -2.33. The second-order valence-electron chi connectivity index (χ2n) is 14.9. The molecule has 1 fully saturated rings. The number of alkyl halides is 3. The van der Waals surface area contributed by atoms with Crippen molar-refractivity contribution in [3.05, 3.63) is 101 Å². The molecule has 67 heavy (non-hydrogen) atoms. The van der Waals surface area contributed by atoms with Gasteiger partial charge in [0.1, 0.15) is 23.2 Å². The number of hydrogen-bond donors (Lipinski definition) is 5.